The Hall–Kier alpha value is -6.52. The Kier molecular flexibility index (Phi) is 18.5. The number of hydrogen-bond donors (Lipinski definition) is 2. The molecule has 2 amide bonds. The van der Waals surface area contributed by atoms with Crippen molar-refractivity contribution in [3.63, 3.8) is 0 Å². The number of allylic oxidation sites excluding steroid dienone is 12. The molecule has 0 bridgehead atoms. The number of benzene rings is 3. The van der Waals surface area contributed by atoms with Gasteiger partial charge in [0.15, 0.2) is 0 Å². The number of aliphatic carboxylic acids is 1. The van der Waals surface area contributed by atoms with Crippen LogP contribution in [-0.2, 0) is 35.5 Å². The molecule has 4 aromatic rings. The highest BCUT2D eigenvalue weighted by molar-refractivity contribution is 5.92. The Morgan fingerprint density at radius 3 is 1.95 bits per heavy atom. The second-order valence-electron chi connectivity index (χ2n) is 16.5. The van der Waals surface area contributed by atoms with Gasteiger partial charge in [-0.05, 0) is 128 Å². The van der Waals surface area contributed by atoms with E-state index < -0.39 is 5.97 Å². The molecule has 1 fully saturated rings. The minimum Gasteiger partial charge on any atom is -0.481 e. The van der Waals surface area contributed by atoms with E-state index in [9.17, 15) is 24.3 Å². The number of nitrogens with one attached hydrogen (secondary N) is 1. The van der Waals surface area contributed by atoms with Crippen molar-refractivity contribution < 1.29 is 24.2 Å². The van der Waals surface area contributed by atoms with Gasteiger partial charge in [-0.3, -0.25) is 19.3 Å². The van der Waals surface area contributed by atoms with Crippen molar-refractivity contribution in [2.24, 2.45) is 0 Å². The Bertz CT molecular complexity index is 2500. The molecular formula is C55H64N4O6. The number of nitrogens with zero attached hydrogens (tertiary/aromatic N) is 3. The molecule has 2 N–H and O–H groups in total. The highest BCUT2D eigenvalue weighted by Gasteiger charge is 2.25. The number of carbonyl (C=O) groups is 3. The SMILES string of the molecule is CC/C=C\C/C=C\C/C=C\C/C=C\C/C=C\C/C=C\CCC(=O)Nc1ccc(CN2CCN(C(=O)Oc3ccc4cc5c(cc4c3)Cn3c-5cc(CC)c(CCC(=O)O)c3=O)CC2)cc1. The summed E-state index contributed by atoms with van der Waals surface area (Å²) in [7, 11) is 0. The quantitative estimate of drug-likeness (QED) is 0.0664. The number of carboxylic acid groups (broad SMARTS) is 1. The molecule has 0 spiro atoms. The number of rotatable bonds is 22. The van der Waals surface area contributed by atoms with Gasteiger partial charge in [-0.2, -0.15) is 0 Å². The molecule has 0 unspecified atom stereocenters. The first kappa shape index (κ1) is 47.9. The number of amides is 2. The third-order valence-corrected chi connectivity index (χ3v) is 11.7. The summed E-state index contributed by atoms with van der Waals surface area (Å²) in [4.78, 5) is 54.6. The predicted molar refractivity (Wildman–Crippen MR) is 263 cm³/mol. The van der Waals surface area contributed by atoms with E-state index in [1.54, 1.807) is 15.5 Å². The van der Waals surface area contributed by atoms with Crippen LogP contribution in [0, 0.1) is 0 Å². The second kappa shape index (κ2) is 25.1. The molecule has 0 atom stereocenters. The molecule has 10 heteroatoms. The maximum absolute atomic E-state index is 13.5. The molecule has 0 saturated carbocycles. The molecule has 6 rings (SSSR count). The van der Waals surface area contributed by atoms with Gasteiger partial charge in [0.2, 0.25) is 5.91 Å². The molecule has 1 saturated heterocycles. The van der Waals surface area contributed by atoms with Crippen LogP contribution in [0.2, 0.25) is 0 Å². The molecule has 340 valence electrons. The zero-order valence-corrected chi connectivity index (χ0v) is 38.1. The number of fused-ring (bicyclic) bond motifs is 4. The highest BCUT2D eigenvalue weighted by Crippen LogP contribution is 2.36. The van der Waals surface area contributed by atoms with E-state index in [4.69, 9.17) is 4.74 Å². The molecule has 3 aromatic carbocycles. The van der Waals surface area contributed by atoms with Gasteiger partial charge < -0.3 is 24.6 Å². The fraction of sp³-hybridized carbons (Fsp3) is 0.345. The molecule has 0 aliphatic carbocycles. The maximum Gasteiger partial charge on any atom is 0.415 e. The van der Waals surface area contributed by atoms with Crippen LogP contribution < -0.4 is 15.6 Å². The van der Waals surface area contributed by atoms with Crippen molar-refractivity contribution >= 4 is 34.4 Å². The summed E-state index contributed by atoms with van der Waals surface area (Å²) in [6.07, 6.45) is 33.4. The monoisotopic (exact) mass is 876 g/mol. The topological polar surface area (TPSA) is 121 Å². The van der Waals surface area contributed by atoms with Gasteiger partial charge >= 0.3 is 12.1 Å². The fourth-order valence-electron chi connectivity index (χ4n) is 8.14. The summed E-state index contributed by atoms with van der Waals surface area (Å²) in [6, 6.07) is 19.7. The van der Waals surface area contributed by atoms with Gasteiger partial charge in [-0.1, -0.05) is 105 Å². The summed E-state index contributed by atoms with van der Waals surface area (Å²) in [6.45, 7) is 7.80. The first-order valence-corrected chi connectivity index (χ1v) is 23.2. The minimum atomic E-state index is -0.920. The van der Waals surface area contributed by atoms with Crippen LogP contribution in [0.25, 0.3) is 22.0 Å². The Labute approximate surface area is 384 Å². The molecule has 2 aliphatic heterocycles. The number of aromatic nitrogens is 1. The number of hydrogen-bond acceptors (Lipinski definition) is 6. The van der Waals surface area contributed by atoms with Gasteiger partial charge in [-0.15, -0.1) is 0 Å². The molecule has 10 nitrogen and oxygen atoms in total. The third-order valence-electron chi connectivity index (χ3n) is 11.7. The lowest BCUT2D eigenvalue weighted by atomic mass is 9.98. The average Bonchev–Trinajstić information content (AvgIpc) is 3.66. The third kappa shape index (κ3) is 14.5. The first-order chi connectivity index (χ1) is 31.7. The zero-order chi connectivity index (χ0) is 45.8. The number of pyridine rings is 1. The normalized spacial score (nSPS) is 14.3. The smallest absolute Gasteiger partial charge is 0.415 e. The van der Waals surface area contributed by atoms with Gasteiger partial charge in [0.1, 0.15) is 5.75 Å². The van der Waals surface area contributed by atoms with E-state index in [0.717, 1.165) is 89.5 Å². The molecule has 65 heavy (non-hydrogen) atoms. The lowest BCUT2D eigenvalue weighted by Gasteiger charge is -2.34. The van der Waals surface area contributed by atoms with Crippen LogP contribution in [0.15, 0.2) is 138 Å². The van der Waals surface area contributed by atoms with Crippen LogP contribution >= 0.6 is 0 Å². The lowest BCUT2D eigenvalue weighted by molar-refractivity contribution is -0.137. The van der Waals surface area contributed by atoms with E-state index in [0.29, 0.717) is 63.3 Å². The Morgan fingerprint density at radius 2 is 1.34 bits per heavy atom. The van der Waals surface area contributed by atoms with E-state index in [1.807, 2.05) is 55.5 Å². The van der Waals surface area contributed by atoms with Crippen LogP contribution in [0.5, 0.6) is 5.75 Å². The van der Waals surface area contributed by atoms with Crippen molar-refractivity contribution in [1.29, 1.82) is 0 Å². The van der Waals surface area contributed by atoms with Crippen LogP contribution in [0.4, 0.5) is 10.5 Å². The van der Waals surface area contributed by atoms with E-state index in [1.165, 1.54) is 0 Å². The minimum absolute atomic E-state index is 0.00658. The molecule has 0 radical (unpaired) electrons. The van der Waals surface area contributed by atoms with Crippen LogP contribution in [-0.4, -0.2) is 63.6 Å². The van der Waals surface area contributed by atoms with Gasteiger partial charge in [0.05, 0.1) is 12.2 Å². The number of piperazine rings is 1. The lowest BCUT2D eigenvalue weighted by Crippen LogP contribution is -2.49. The summed E-state index contributed by atoms with van der Waals surface area (Å²) < 4.78 is 7.60. The fourth-order valence-corrected chi connectivity index (χ4v) is 8.14. The van der Waals surface area contributed by atoms with Crippen molar-refractivity contribution in [2.45, 2.75) is 97.6 Å². The van der Waals surface area contributed by atoms with Gasteiger partial charge in [0, 0.05) is 62.4 Å². The molecular weight excluding hydrogens is 813 g/mol. The van der Waals surface area contributed by atoms with Gasteiger partial charge in [-0.25, -0.2) is 4.79 Å². The Balaban J connectivity index is 0.864. The van der Waals surface area contributed by atoms with Crippen molar-refractivity contribution in [2.75, 3.05) is 31.5 Å². The zero-order valence-electron chi connectivity index (χ0n) is 38.1. The van der Waals surface area contributed by atoms with E-state index in [-0.39, 0.29) is 30.4 Å². The molecule has 1 aromatic heterocycles. The Morgan fingerprint density at radius 1 is 0.708 bits per heavy atom. The number of ether oxygens (including phenoxy) is 1. The highest BCUT2D eigenvalue weighted by atomic mass is 16.6. The second-order valence-corrected chi connectivity index (χ2v) is 16.5. The maximum atomic E-state index is 13.5. The van der Waals surface area contributed by atoms with E-state index >= 15 is 0 Å². The number of carbonyl (C=O) groups excluding carboxylic acids is 2. The van der Waals surface area contributed by atoms with Crippen molar-refractivity contribution in [3.8, 4) is 17.0 Å². The summed E-state index contributed by atoms with van der Waals surface area (Å²) in [5.74, 6) is -0.466. The predicted octanol–water partition coefficient (Wildman–Crippen LogP) is 11.3. The molecule has 3 heterocycles. The van der Waals surface area contributed by atoms with Crippen LogP contribution in [0.3, 0.4) is 0 Å². The summed E-state index contributed by atoms with van der Waals surface area (Å²) in [5, 5.41) is 14.1. The summed E-state index contributed by atoms with van der Waals surface area (Å²) in [5.41, 5.74) is 6.09. The first-order valence-electron chi connectivity index (χ1n) is 23.2. The summed E-state index contributed by atoms with van der Waals surface area (Å²) >= 11 is 0. The van der Waals surface area contributed by atoms with Gasteiger partial charge in [0.25, 0.3) is 5.56 Å². The molecule has 2 aliphatic rings. The van der Waals surface area contributed by atoms with Crippen molar-refractivity contribution in [3.05, 3.63) is 166 Å². The van der Waals surface area contributed by atoms with Crippen molar-refractivity contribution in [1.82, 2.24) is 14.4 Å². The number of anilines is 1. The largest absolute Gasteiger partial charge is 0.481 e. The standard InChI is InChI=1S/C55H64N4O6/c1-3-5-6-7-8-9-10-11-12-13-14-15-16-17-18-19-20-21-22-23-52(60)56-47-27-24-42(25-28-47)40-57-32-34-58(35-33-57)55(64)65-48-29-26-44-38-50-46(36-45(44)37-48)41-59-51(50)39-43(4-2)49(54(59)63)30-31-53(61)62/h5-6,8-9,11-12,14-15,17-18,20-21,24-29,36-39H,3-4,7,10,13,16,19,22-23,30-35,40-41H2,1-2H3,(H,56,60)(H,61,62)/b6-5-,9-8-,12-11-,15-14-,18-17-,21-20-. The number of carboxylic acids is 1. The number of aryl methyl sites for hydroxylation is 1. The van der Waals surface area contributed by atoms with Crippen LogP contribution in [0.1, 0.15) is 93.9 Å². The van der Waals surface area contributed by atoms with E-state index in [2.05, 4.69) is 96.1 Å². The average molecular weight is 877 g/mol.